The summed E-state index contributed by atoms with van der Waals surface area (Å²) >= 11 is 0. The van der Waals surface area contributed by atoms with Crippen LogP contribution in [0.2, 0.25) is 0 Å². The molecule has 0 fully saturated rings. The second-order valence-electron chi connectivity index (χ2n) is 2.50. The molecule has 0 aromatic rings. The fourth-order valence-corrected chi connectivity index (χ4v) is 0.760. The van der Waals surface area contributed by atoms with Crippen LogP contribution in [0, 0.1) is 0 Å². The van der Waals surface area contributed by atoms with E-state index in [0.29, 0.717) is 0 Å². The van der Waals surface area contributed by atoms with Gasteiger partial charge in [-0.25, -0.2) is 0 Å². The Morgan fingerprint density at radius 2 is 1.73 bits per heavy atom. The summed E-state index contributed by atoms with van der Waals surface area (Å²) in [6.07, 6.45) is 10.2. The minimum Gasteiger partial charge on any atom is -0.481 e. The van der Waals surface area contributed by atoms with E-state index in [-0.39, 0.29) is 6.42 Å². The molecule has 1 aliphatic rings. The first-order chi connectivity index (χ1) is 5.27. The van der Waals surface area contributed by atoms with E-state index in [4.69, 9.17) is 5.11 Å². The van der Waals surface area contributed by atoms with Crippen molar-refractivity contribution in [1.82, 2.24) is 0 Å². The van der Waals surface area contributed by atoms with Crippen molar-refractivity contribution in [2.75, 3.05) is 0 Å². The second-order valence-corrected chi connectivity index (χ2v) is 2.50. The Bertz CT molecular complexity index is 120. The first-order valence-corrected chi connectivity index (χ1v) is 4.14. The van der Waals surface area contributed by atoms with Crippen LogP contribution in [0.15, 0.2) is 12.2 Å². The molecule has 2 nitrogen and oxygen atoms in total. The molecule has 0 unspecified atom stereocenters. The van der Waals surface area contributed by atoms with Gasteiger partial charge in [-0.1, -0.05) is 19.1 Å². The second kappa shape index (κ2) is 7.32. The minimum atomic E-state index is -0.745. The van der Waals surface area contributed by atoms with Gasteiger partial charge in [0.15, 0.2) is 0 Å². The van der Waals surface area contributed by atoms with E-state index in [0.717, 1.165) is 0 Å². The topological polar surface area (TPSA) is 37.3 Å². The molecule has 0 aromatic heterocycles. The van der Waals surface area contributed by atoms with Gasteiger partial charge in [0.2, 0.25) is 0 Å². The third-order valence-corrected chi connectivity index (χ3v) is 1.46. The number of allylic oxidation sites excluding steroid dienone is 2. The van der Waals surface area contributed by atoms with Crippen molar-refractivity contribution >= 4 is 5.97 Å². The lowest BCUT2D eigenvalue weighted by molar-refractivity contribution is -0.136. The Kier molecular flexibility index (Phi) is 6.79. The van der Waals surface area contributed by atoms with Crippen molar-refractivity contribution in [3.05, 3.63) is 12.2 Å². The number of hydrogen-bond acceptors (Lipinski definition) is 1. The van der Waals surface area contributed by atoms with Gasteiger partial charge in [0.05, 0.1) is 0 Å². The van der Waals surface area contributed by atoms with Gasteiger partial charge in [0, 0.05) is 6.42 Å². The quantitative estimate of drug-likeness (QED) is 0.592. The van der Waals surface area contributed by atoms with Gasteiger partial charge in [0.25, 0.3) is 0 Å². The smallest absolute Gasteiger partial charge is 0.303 e. The maximum atomic E-state index is 9.37. The van der Waals surface area contributed by atoms with Crippen LogP contribution < -0.4 is 0 Å². The SMILES string of the molecule is C1=CCCCC1.CCC(=O)O. The third-order valence-electron chi connectivity index (χ3n) is 1.46. The van der Waals surface area contributed by atoms with Crippen LogP contribution in [-0.4, -0.2) is 11.1 Å². The first-order valence-electron chi connectivity index (χ1n) is 4.14. The predicted octanol–water partition coefficient (Wildman–Crippen LogP) is 2.60. The summed E-state index contributed by atoms with van der Waals surface area (Å²) in [5.74, 6) is -0.745. The third kappa shape index (κ3) is 9.21. The number of carboxylic acids is 1. The van der Waals surface area contributed by atoms with Crippen molar-refractivity contribution in [2.45, 2.75) is 39.0 Å². The summed E-state index contributed by atoms with van der Waals surface area (Å²) in [5.41, 5.74) is 0. The molecule has 2 heteroatoms. The van der Waals surface area contributed by atoms with Crippen molar-refractivity contribution < 1.29 is 9.90 Å². The molecule has 0 heterocycles. The standard InChI is InChI=1S/C6H10.C3H6O2/c1-2-4-6-5-3-1;1-2-3(4)5/h1-2H,3-6H2;2H2,1H3,(H,4,5). The highest BCUT2D eigenvalue weighted by Gasteiger charge is 1.87. The molecule has 1 N–H and O–H groups in total. The van der Waals surface area contributed by atoms with Crippen LogP contribution in [0.5, 0.6) is 0 Å². The molecule has 0 aliphatic heterocycles. The van der Waals surface area contributed by atoms with Crippen LogP contribution in [0.25, 0.3) is 0 Å². The summed E-state index contributed by atoms with van der Waals surface area (Å²) < 4.78 is 0. The maximum Gasteiger partial charge on any atom is 0.303 e. The van der Waals surface area contributed by atoms with Crippen molar-refractivity contribution in [2.24, 2.45) is 0 Å². The number of carboxylic acid groups (broad SMARTS) is 1. The monoisotopic (exact) mass is 156 g/mol. The molecule has 1 aliphatic carbocycles. The first kappa shape index (κ1) is 10.2. The molecule has 1 rings (SSSR count). The van der Waals surface area contributed by atoms with E-state index in [2.05, 4.69) is 12.2 Å². The predicted molar refractivity (Wildman–Crippen MR) is 45.5 cm³/mol. The Morgan fingerprint density at radius 1 is 1.36 bits per heavy atom. The molecule has 0 aromatic carbocycles. The van der Waals surface area contributed by atoms with Gasteiger partial charge in [-0.2, -0.15) is 0 Å². The zero-order chi connectivity index (χ0) is 8.53. The Labute approximate surface area is 67.9 Å². The van der Waals surface area contributed by atoms with Gasteiger partial charge < -0.3 is 5.11 Å². The van der Waals surface area contributed by atoms with E-state index in [9.17, 15) is 4.79 Å². The van der Waals surface area contributed by atoms with Crippen molar-refractivity contribution in [3.8, 4) is 0 Å². The molecule has 0 spiro atoms. The van der Waals surface area contributed by atoms with E-state index >= 15 is 0 Å². The zero-order valence-electron chi connectivity index (χ0n) is 7.05. The lowest BCUT2D eigenvalue weighted by atomic mass is 10.1. The molecular weight excluding hydrogens is 140 g/mol. The van der Waals surface area contributed by atoms with Gasteiger partial charge in [-0.3, -0.25) is 4.79 Å². The zero-order valence-corrected chi connectivity index (χ0v) is 7.05. The summed E-state index contributed by atoms with van der Waals surface area (Å²) in [6, 6.07) is 0. The fourth-order valence-electron chi connectivity index (χ4n) is 0.760. The molecule has 0 saturated carbocycles. The molecule has 0 saturated heterocycles. The van der Waals surface area contributed by atoms with E-state index in [1.807, 2.05) is 0 Å². The summed E-state index contributed by atoms with van der Waals surface area (Å²) in [7, 11) is 0. The summed E-state index contributed by atoms with van der Waals surface area (Å²) in [6.45, 7) is 1.60. The molecular formula is C9H16O2. The molecule has 0 atom stereocenters. The number of rotatable bonds is 1. The lowest BCUT2D eigenvalue weighted by Crippen LogP contribution is -1.86. The van der Waals surface area contributed by atoms with Gasteiger partial charge in [-0.05, 0) is 25.7 Å². The van der Waals surface area contributed by atoms with Crippen LogP contribution >= 0.6 is 0 Å². The number of hydrogen-bond donors (Lipinski definition) is 1. The van der Waals surface area contributed by atoms with Crippen LogP contribution in [0.4, 0.5) is 0 Å². The van der Waals surface area contributed by atoms with E-state index in [1.54, 1.807) is 6.92 Å². The Hall–Kier alpha value is -0.790. The number of carbonyl (C=O) groups is 1. The maximum absolute atomic E-state index is 9.37. The molecule has 11 heavy (non-hydrogen) atoms. The van der Waals surface area contributed by atoms with Gasteiger partial charge >= 0.3 is 5.97 Å². The normalized spacial score (nSPS) is 15.0. The van der Waals surface area contributed by atoms with Crippen LogP contribution in [0.3, 0.4) is 0 Å². The fraction of sp³-hybridized carbons (Fsp3) is 0.667. The highest BCUT2D eigenvalue weighted by atomic mass is 16.4. The highest BCUT2D eigenvalue weighted by Crippen LogP contribution is 2.07. The van der Waals surface area contributed by atoms with E-state index < -0.39 is 5.97 Å². The van der Waals surface area contributed by atoms with Crippen LogP contribution in [-0.2, 0) is 4.79 Å². The average Bonchev–Trinajstić information content (AvgIpc) is 2.09. The molecule has 0 amide bonds. The van der Waals surface area contributed by atoms with E-state index in [1.165, 1.54) is 25.7 Å². The summed E-state index contributed by atoms with van der Waals surface area (Å²) in [5, 5.41) is 7.72. The Balaban J connectivity index is 0.000000187. The molecule has 0 bridgehead atoms. The largest absolute Gasteiger partial charge is 0.481 e. The van der Waals surface area contributed by atoms with Gasteiger partial charge in [-0.15, -0.1) is 0 Å². The van der Waals surface area contributed by atoms with Crippen molar-refractivity contribution in [3.63, 3.8) is 0 Å². The summed E-state index contributed by atoms with van der Waals surface area (Å²) in [4.78, 5) is 9.37. The molecule has 0 radical (unpaired) electrons. The highest BCUT2D eigenvalue weighted by molar-refractivity contribution is 5.66. The van der Waals surface area contributed by atoms with Crippen molar-refractivity contribution in [1.29, 1.82) is 0 Å². The average molecular weight is 156 g/mol. The van der Waals surface area contributed by atoms with Crippen LogP contribution in [0.1, 0.15) is 39.0 Å². The lowest BCUT2D eigenvalue weighted by Gasteiger charge is -1.97. The molecule has 64 valence electrons. The number of aliphatic carboxylic acids is 1. The minimum absolute atomic E-state index is 0.222. The van der Waals surface area contributed by atoms with Gasteiger partial charge in [0.1, 0.15) is 0 Å². The Morgan fingerprint density at radius 3 is 1.82 bits per heavy atom.